The number of hydrogen-bond donors (Lipinski definition) is 0. The molecule has 122 valence electrons. The Bertz CT molecular complexity index is 950. The average Bonchev–Trinajstić information content (AvgIpc) is 2.58. The number of nitrogens with zero attached hydrogens (tertiary/aromatic N) is 1. The Hall–Kier alpha value is -2.76. The van der Waals surface area contributed by atoms with Gasteiger partial charge in [0.25, 0.3) is 0 Å². The van der Waals surface area contributed by atoms with Crippen LogP contribution in [0.25, 0.3) is 23.1 Å². The minimum Gasteiger partial charge on any atom is -0.256 e. The van der Waals surface area contributed by atoms with Gasteiger partial charge < -0.3 is 0 Å². The van der Waals surface area contributed by atoms with Crippen molar-refractivity contribution < 1.29 is 22.0 Å². The second-order valence-electron chi connectivity index (χ2n) is 5.28. The highest BCUT2D eigenvalue weighted by atomic mass is 19.2. The van der Waals surface area contributed by atoms with Crippen LogP contribution in [0.2, 0.25) is 0 Å². The van der Waals surface area contributed by atoms with Crippen molar-refractivity contribution in [2.24, 2.45) is 0 Å². The Labute approximate surface area is 134 Å². The zero-order valence-electron chi connectivity index (χ0n) is 12.4. The zero-order chi connectivity index (χ0) is 17.4. The molecular weight excluding hydrogens is 325 g/mol. The number of pyridine rings is 1. The summed E-state index contributed by atoms with van der Waals surface area (Å²) in [5.41, 5.74) is 1.17. The molecule has 6 heteroatoms. The molecule has 1 nitrogen and oxygen atoms in total. The molecule has 1 aromatic heterocycles. The molecule has 0 saturated carbocycles. The fourth-order valence-corrected chi connectivity index (χ4v) is 2.30. The van der Waals surface area contributed by atoms with Gasteiger partial charge in [0.1, 0.15) is 0 Å². The molecule has 2 aromatic carbocycles. The van der Waals surface area contributed by atoms with Crippen molar-refractivity contribution in [1.29, 1.82) is 0 Å². The van der Waals surface area contributed by atoms with E-state index in [-0.39, 0.29) is 0 Å². The smallest absolute Gasteiger partial charge is 0.200 e. The summed E-state index contributed by atoms with van der Waals surface area (Å²) in [6.07, 6.45) is 3.78. The van der Waals surface area contributed by atoms with Crippen LogP contribution in [0.3, 0.4) is 0 Å². The lowest BCUT2D eigenvalue weighted by atomic mass is 10.1. The van der Waals surface area contributed by atoms with Gasteiger partial charge in [-0.3, -0.25) is 4.98 Å². The first kappa shape index (κ1) is 16.1. The van der Waals surface area contributed by atoms with E-state index in [0.717, 1.165) is 17.0 Å². The van der Waals surface area contributed by atoms with Crippen LogP contribution in [-0.2, 0) is 0 Å². The van der Waals surface area contributed by atoms with Crippen LogP contribution in [0.5, 0.6) is 0 Å². The SMILES string of the molecule is Cc1cnc2cc(C=Cc3c(F)c(F)c(F)c(F)c3F)ccc2c1. The van der Waals surface area contributed by atoms with E-state index in [1.165, 1.54) is 6.08 Å². The van der Waals surface area contributed by atoms with Gasteiger partial charge in [-0.2, -0.15) is 0 Å². The Morgan fingerprint density at radius 1 is 0.792 bits per heavy atom. The molecule has 0 aliphatic heterocycles. The number of aryl methyl sites for hydroxylation is 1. The van der Waals surface area contributed by atoms with Crippen molar-refractivity contribution in [3.63, 3.8) is 0 Å². The molecule has 0 radical (unpaired) electrons. The van der Waals surface area contributed by atoms with Crippen molar-refractivity contribution in [2.45, 2.75) is 6.92 Å². The van der Waals surface area contributed by atoms with Crippen LogP contribution in [0.1, 0.15) is 16.7 Å². The fourth-order valence-electron chi connectivity index (χ4n) is 2.30. The van der Waals surface area contributed by atoms with Gasteiger partial charge in [0, 0.05) is 11.6 Å². The summed E-state index contributed by atoms with van der Waals surface area (Å²) in [5, 5.41) is 0.878. The van der Waals surface area contributed by atoms with Gasteiger partial charge in [-0.15, -0.1) is 0 Å². The highest BCUT2D eigenvalue weighted by Crippen LogP contribution is 2.25. The third kappa shape index (κ3) is 2.75. The zero-order valence-corrected chi connectivity index (χ0v) is 12.4. The molecule has 24 heavy (non-hydrogen) atoms. The molecule has 0 N–H and O–H groups in total. The van der Waals surface area contributed by atoms with E-state index < -0.39 is 34.6 Å². The first-order chi connectivity index (χ1) is 11.4. The third-order valence-electron chi connectivity index (χ3n) is 3.53. The van der Waals surface area contributed by atoms with Crippen molar-refractivity contribution >= 4 is 23.1 Å². The number of halogens is 5. The van der Waals surface area contributed by atoms with Gasteiger partial charge in [-0.05, 0) is 36.3 Å². The lowest BCUT2D eigenvalue weighted by Crippen LogP contribution is -2.03. The molecule has 0 aliphatic rings. The molecule has 3 rings (SSSR count). The molecule has 1 heterocycles. The molecule has 0 bridgehead atoms. The Morgan fingerprint density at radius 2 is 1.42 bits per heavy atom. The van der Waals surface area contributed by atoms with Crippen LogP contribution >= 0.6 is 0 Å². The number of fused-ring (bicyclic) bond motifs is 1. The van der Waals surface area contributed by atoms with Gasteiger partial charge in [-0.25, -0.2) is 22.0 Å². The van der Waals surface area contributed by atoms with Crippen molar-refractivity contribution in [2.75, 3.05) is 0 Å². The minimum atomic E-state index is -2.17. The van der Waals surface area contributed by atoms with Gasteiger partial charge in [0.05, 0.1) is 11.1 Å². The van der Waals surface area contributed by atoms with E-state index in [1.54, 1.807) is 24.4 Å². The monoisotopic (exact) mass is 335 g/mol. The molecule has 0 spiro atoms. The standard InChI is InChI=1S/C18H10F5N/c1-9-6-11-4-2-10(7-13(11)24-8-9)3-5-12-14(19)16(21)18(23)17(22)15(12)20/h2-8H,1H3. The molecule has 0 aliphatic carbocycles. The van der Waals surface area contributed by atoms with Crippen LogP contribution in [0, 0.1) is 36.0 Å². The maximum atomic E-state index is 13.6. The van der Waals surface area contributed by atoms with Crippen molar-refractivity contribution in [1.82, 2.24) is 4.98 Å². The lowest BCUT2D eigenvalue weighted by molar-refractivity contribution is 0.377. The van der Waals surface area contributed by atoms with E-state index >= 15 is 0 Å². The largest absolute Gasteiger partial charge is 0.256 e. The summed E-state index contributed by atoms with van der Waals surface area (Å²) in [6, 6.07) is 6.98. The maximum Gasteiger partial charge on any atom is 0.200 e. The summed E-state index contributed by atoms with van der Waals surface area (Å²) in [7, 11) is 0. The summed E-state index contributed by atoms with van der Waals surface area (Å²) in [6.45, 7) is 1.89. The topological polar surface area (TPSA) is 12.9 Å². The summed E-state index contributed by atoms with van der Waals surface area (Å²) in [5.74, 6) is -9.84. The van der Waals surface area contributed by atoms with Crippen molar-refractivity contribution in [3.05, 3.63) is 76.2 Å². The molecular formula is C18H10F5N. The average molecular weight is 335 g/mol. The second kappa shape index (κ2) is 6.03. The quantitative estimate of drug-likeness (QED) is 0.264. The number of rotatable bonds is 2. The fraction of sp³-hybridized carbons (Fsp3) is 0.0556. The highest BCUT2D eigenvalue weighted by molar-refractivity contribution is 5.83. The normalized spacial score (nSPS) is 11.6. The number of aromatic nitrogens is 1. The van der Waals surface area contributed by atoms with E-state index in [2.05, 4.69) is 4.98 Å². The van der Waals surface area contributed by atoms with Crippen LogP contribution in [0.4, 0.5) is 22.0 Å². The van der Waals surface area contributed by atoms with Gasteiger partial charge in [0.2, 0.25) is 5.82 Å². The number of benzene rings is 2. The van der Waals surface area contributed by atoms with Gasteiger partial charge in [-0.1, -0.05) is 18.2 Å². The van der Waals surface area contributed by atoms with E-state index in [9.17, 15) is 22.0 Å². The summed E-state index contributed by atoms with van der Waals surface area (Å²) >= 11 is 0. The first-order valence-electron chi connectivity index (χ1n) is 6.94. The minimum absolute atomic E-state index is 0.516. The van der Waals surface area contributed by atoms with E-state index in [1.807, 2.05) is 13.0 Å². The number of hydrogen-bond acceptors (Lipinski definition) is 1. The Kier molecular flexibility index (Phi) is 4.05. The molecule has 3 aromatic rings. The Balaban J connectivity index is 2.04. The van der Waals surface area contributed by atoms with E-state index in [4.69, 9.17) is 0 Å². The predicted octanol–water partition coefficient (Wildman–Crippen LogP) is 5.41. The van der Waals surface area contributed by atoms with Gasteiger partial charge >= 0.3 is 0 Å². The highest BCUT2D eigenvalue weighted by Gasteiger charge is 2.24. The van der Waals surface area contributed by atoms with Crippen LogP contribution in [0.15, 0.2) is 30.5 Å². The van der Waals surface area contributed by atoms with E-state index in [0.29, 0.717) is 11.1 Å². The van der Waals surface area contributed by atoms with Crippen LogP contribution < -0.4 is 0 Å². The molecule has 0 atom stereocenters. The molecule has 0 saturated heterocycles. The molecule has 0 unspecified atom stereocenters. The Morgan fingerprint density at radius 3 is 2.08 bits per heavy atom. The van der Waals surface area contributed by atoms with Crippen LogP contribution in [-0.4, -0.2) is 4.98 Å². The summed E-state index contributed by atoms with van der Waals surface area (Å²) in [4.78, 5) is 4.22. The van der Waals surface area contributed by atoms with Gasteiger partial charge in [0.15, 0.2) is 23.3 Å². The second-order valence-corrected chi connectivity index (χ2v) is 5.28. The third-order valence-corrected chi connectivity index (χ3v) is 3.53. The lowest BCUT2D eigenvalue weighted by Gasteiger charge is -2.04. The summed E-state index contributed by atoms with van der Waals surface area (Å²) < 4.78 is 66.6. The first-order valence-corrected chi connectivity index (χ1v) is 6.94. The maximum absolute atomic E-state index is 13.6. The molecule has 0 fully saturated rings. The predicted molar refractivity (Wildman–Crippen MR) is 81.6 cm³/mol. The molecule has 0 amide bonds. The van der Waals surface area contributed by atoms with Crippen molar-refractivity contribution in [3.8, 4) is 0 Å².